The van der Waals surface area contributed by atoms with E-state index in [2.05, 4.69) is 19.9 Å². The second kappa shape index (κ2) is 4.18. The van der Waals surface area contributed by atoms with Crippen LogP contribution in [0.2, 0.25) is 0 Å². The van der Waals surface area contributed by atoms with Gasteiger partial charge in [0.05, 0.1) is 22.1 Å². The van der Waals surface area contributed by atoms with Crippen LogP contribution < -0.4 is 0 Å². The molecule has 3 N–H and O–H groups in total. The van der Waals surface area contributed by atoms with E-state index in [9.17, 15) is 5.11 Å². The Bertz CT molecular complexity index is 753. The topological polar surface area (TPSA) is 77.6 Å². The Morgan fingerprint density at radius 1 is 0.750 bits per heavy atom. The lowest BCUT2D eigenvalue weighted by Crippen LogP contribution is -2.03. The van der Waals surface area contributed by atoms with Crippen LogP contribution in [0.4, 0.5) is 0 Å². The third-order valence-electron chi connectivity index (χ3n) is 3.33. The number of aromatic amines is 2. The van der Waals surface area contributed by atoms with Gasteiger partial charge in [0.25, 0.3) is 0 Å². The molecule has 0 atom stereocenters. The molecule has 0 radical (unpaired) electrons. The zero-order chi connectivity index (χ0) is 13.5. The van der Waals surface area contributed by atoms with E-state index in [0.717, 1.165) is 22.1 Å². The van der Waals surface area contributed by atoms with E-state index in [4.69, 9.17) is 0 Å². The minimum Gasteiger partial charge on any atom is -0.377 e. The van der Waals surface area contributed by atoms with Crippen LogP contribution >= 0.6 is 0 Å². The van der Waals surface area contributed by atoms with Gasteiger partial charge in [-0.3, -0.25) is 0 Å². The summed E-state index contributed by atoms with van der Waals surface area (Å²) in [7, 11) is 0. The molecule has 0 saturated carbocycles. The summed E-state index contributed by atoms with van der Waals surface area (Å²) in [5.74, 6) is 0.982. The van der Waals surface area contributed by atoms with Gasteiger partial charge in [-0.15, -0.1) is 0 Å². The molecule has 0 aliphatic carbocycles. The number of H-pyrrole nitrogens is 2. The lowest BCUT2D eigenvalue weighted by Gasteiger charge is -2.02. The smallest absolute Gasteiger partial charge is 0.169 e. The quantitative estimate of drug-likeness (QED) is 0.520. The number of aliphatic hydroxyl groups is 1. The van der Waals surface area contributed by atoms with Crippen LogP contribution in [-0.4, -0.2) is 25.0 Å². The van der Waals surface area contributed by atoms with Gasteiger partial charge >= 0.3 is 0 Å². The fourth-order valence-electron chi connectivity index (χ4n) is 2.33. The van der Waals surface area contributed by atoms with E-state index < -0.39 is 6.10 Å². The number of imidazole rings is 2. The summed E-state index contributed by atoms with van der Waals surface area (Å²) in [4.78, 5) is 15.0. The number of fused-ring (bicyclic) bond motifs is 2. The molecule has 5 heteroatoms. The first-order valence-electron chi connectivity index (χ1n) is 6.38. The van der Waals surface area contributed by atoms with Gasteiger partial charge in [0.15, 0.2) is 6.10 Å². The summed E-state index contributed by atoms with van der Waals surface area (Å²) in [5.41, 5.74) is 3.46. The second-order valence-corrected chi connectivity index (χ2v) is 4.68. The molecule has 4 aromatic rings. The number of aliphatic hydroxyl groups excluding tert-OH is 1. The molecule has 0 aliphatic rings. The number of hydrogen-bond acceptors (Lipinski definition) is 3. The lowest BCUT2D eigenvalue weighted by atomic mass is 10.3. The number of benzene rings is 2. The highest BCUT2D eigenvalue weighted by atomic mass is 16.3. The fraction of sp³-hybridized carbons (Fsp3) is 0.0667. The molecule has 98 valence electrons. The highest BCUT2D eigenvalue weighted by molar-refractivity contribution is 5.76. The summed E-state index contributed by atoms with van der Waals surface area (Å²) < 4.78 is 0. The van der Waals surface area contributed by atoms with Gasteiger partial charge in [0, 0.05) is 0 Å². The number of para-hydroxylation sites is 4. The Morgan fingerprint density at radius 2 is 1.20 bits per heavy atom. The molecule has 0 aliphatic heterocycles. The van der Waals surface area contributed by atoms with Crippen molar-refractivity contribution in [2.75, 3.05) is 0 Å². The van der Waals surface area contributed by atoms with Crippen LogP contribution in [-0.2, 0) is 0 Å². The van der Waals surface area contributed by atoms with Gasteiger partial charge in [-0.2, -0.15) is 0 Å². The molecule has 0 amide bonds. The van der Waals surface area contributed by atoms with Crippen molar-refractivity contribution in [1.29, 1.82) is 0 Å². The molecule has 2 heterocycles. The lowest BCUT2D eigenvalue weighted by molar-refractivity contribution is 0.202. The zero-order valence-electron chi connectivity index (χ0n) is 10.5. The predicted molar refractivity (Wildman–Crippen MR) is 76.2 cm³/mol. The van der Waals surface area contributed by atoms with Gasteiger partial charge in [-0.05, 0) is 24.3 Å². The maximum Gasteiger partial charge on any atom is 0.169 e. The number of aromatic nitrogens is 4. The number of nitrogens with one attached hydrogen (secondary N) is 2. The minimum absolute atomic E-state index is 0.491. The predicted octanol–water partition coefficient (Wildman–Crippen LogP) is 2.52. The molecule has 0 spiro atoms. The number of nitrogens with zero attached hydrogens (tertiary/aromatic N) is 2. The number of hydrogen-bond donors (Lipinski definition) is 3. The molecule has 0 saturated heterocycles. The van der Waals surface area contributed by atoms with Gasteiger partial charge in [0.2, 0.25) is 0 Å². The van der Waals surface area contributed by atoms with E-state index in [1.54, 1.807) is 0 Å². The maximum atomic E-state index is 10.4. The van der Waals surface area contributed by atoms with Gasteiger partial charge in [0.1, 0.15) is 11.6 Å². The average Bonchev–Trinajstić information content (AvgIpc) is 3.10. The van der Waals surface area contributed by atoms with Crippen molar-refractivity contribution in [3.63, 3.8) is 0 Å². The Hall–Kier alpha value is -2.66. The van der Waals surface area contributed by atoms with Crippen LogP contribution in [0, 0.1) is 0 Å². The standard InChI is InChI=1S/C15H12N4O/c20-13(14-16-9-5-1-2-6-10(9)17-14)15-18-11-7-3-4-8-12(11)19-15/h1-8,13,20H,(H,16,17)(H,18,19). The summed E-state index contributed by atoms with van der Waals surface area (Å²) in [6, 6.07) is 15.4. The number of rotatable bonds is 2. The van der Waals surface area contributed by atoms with E-state index in [1.807, 2.05) is 48.5 Å². The summed E-state index contributed by atoms with van der Waals surface area (Å²) >= 11 is 0. The average molecular weight is 264 g/mol. The third-order valence-corrected chi connectivity index (χ3v) is 3.33. The first-order chi connectivity index (χ1) is 9.81. The zero-order valence-corrected chi connectivity index (χ0v) is 10.5. The van der Waals surface area contributed by atoms with Crippen LogP contribution in [0.5, 0.6) is 0 Å². The first kappa shape index (κ1) is 11.2. The van der Waals surface area contributed by atoms with Crippen LogP contribution in [0.3, 0.4) is 0 Å². The van der Waals surface area contributed by atoms with Crippen molar-refractivity contribution >= 4 is 22.1 Å². The van der Waals surface area contributed by atoms with Crippen LogP contribution in [0.25, 0.3) is 22.1 Å². The van der Waals surface area contributed by atoms with Crippen LogP contribution in [0.1, 0.15) is 17.8 Å². The molecule has 2 aromatic heterocycles. The minimum atomic E-state index is -0.894. The first-order valence-corrected chi connectivity index (χ1v) is 6.38. The molecular formula is C15H12N4O. The highest BCUT2D eigenvalue weighted by Gasteiger charge is 2.18. The van der Waals surface area contributed by atoms with Crippen molar-refractivity contribution < 1.29 is 5.11 Å². The van der Waals surface area contributed by atoms with E-state index >= 15 is 0 Å². The molecule has 4 rings (SSSR count). The molecule has 5 nitrogen and oxygen atoms in total. The molecule has 0 bridgehead atoms. The van der Waals surface area contributed by atoms with Crippen molar-refractivity contribution in [3.8, 4) is 0 Å². The van der Waals surface area contributed by atoms with Gasteiger partial charge in [-0.25, -0.2) is 9.97 Å². The van der Waals surface area contributed by atoms with Crippen molar-refractivity contribution in [3.05, 3.63) is 60.2 Å². The SMILES string of the molecule is OC(c1nc2ccccc2[nH]1)c1nc2ccccc2[nH]1. The van der Waals surface area contributed by atoms with Gasteiger partial charge in [-0.1, -0.05) is 24.3 Å². The Morgan fingerprint density at radius 3 is 1.65 bits per heavy atom. The fourth-order valence-corrected chi connectivity index (χ4v) is 2.33. The highest BCUT2D eigenvalue weighted by Crippen LogP contribution is 2.22. The van der Waals surface area contributed by atoms with E-state index in [-0.39, 0.29) is 0 Å². The largest absolute Gasteiger partial charge is 0.377 e. The summed E-state index contributed by atoms with van der Waals surface area (Å²) in [6.45, 7) is 0. The molecule has 2 aromatic carbocycles. The maximum absolute atomic E-state index is 10.4. The Labute approximate surface area is 114 Å². The molecule has 20 heavy (non-hydrogen) atoms. The molecular weight excluding hydrogens is 252 g/mol. The second-order valence-electron chi connectivity index (χ2n) is 4.68. The molecule has 0 fully saturated rings. The summed E-state index contributed by atoms with van der Waals surface area (Å²) in [6.07, 6.45) is -0.894. The monoisotopic (exact) mass is 264 g/mol. The van der Waals surface area contributed by atoms with Crippen molar-refractivity contribution in [1.82, 2.24) is 19.9 Å². The Balaban J connectivity index is 1.80. The van der Waals surface area contributed by atoms with E-state index in [0.29, 0.717) is 11.6 Å². The third kappa shape index (κ3) is 1.68. The van der Waals surface area contributed by atoms with Crippen LogP contribution in [0.15, 0.2) is 48.5 Å². The Kier molecular flexibility index (Phi) is 2.34. The van der Waals surface area contributed by atoms with E-state index in [1.165, 1.54) is 0 Å². The van der Waals surface area contributed by atoms with Crippen molar-refractivity contribution in [2.24, 2.45) is 0 Å². The van der Waals surface area contributed by atoms with Crippen molar-refractivity contribution in [2.45, 2.75) is 6.10 Å². The normalized spacial score (nSPS) is 11.7. The molecule has 0 unspecified atom stereocenters. The summed E-state index contributed by atoms with van der Waals surface area (Å²) in [5, 5.41) is 10.4. The van der Waals surface area contributed by atoms with Gasteiger partial charge < -0.3 is 15.1 Å².